The summed E-state index contributed by atoms with van der Waals surface area (Å²) >= 11 is 0. The number of carbonyl (C=O) groups is 2. The monoisotopic (exact) mass is 265 g/mol. The Morgan fingerprint density at radius 2 is 2.00 bits per heavy atom. The van der Waals surface area contributed by atoms with E-state index in [4.69, 9.17) is 0 Å². The molecule has 0 radical (unpaired) electrons. The summed E-state index contributed by atoms with van der Waals surface area (Å²) in [6.45, 7) is 0.639. The average Bonchev–Trinajstić information content (AvgIpc) is 3.00. The second-order valence-electron chi connectivity index (χ2n) is 5.82. The highest BCUT2D eigenvalue weighted by Gasteiger charge is 2.42. The molecule has 4 nitrogen and oxygen atoms in total. The average molecular weight is 265 g/mol. The summed E-state index contributed by atoms with van der Waals surface area (Å²) in [4.78, 5) is 23.2. The molecule has 0 heterocycles. The van der Waals surface area contributed by atoms with Crippen LogP contribution in [-0.2, 0) is 9.59 Å². The number of nitrogens with one attached hydrogen (secondary N) is 1. The molecule has 0 atom stereocenters. The Morgan fingerprint density at radius 1 is 1.26 bits per heavy atom. The Labute approximate surface area is 114 Å². The predicted molar refractivity (Wildman–Crippen MR) is 72.7 cm³/mol. The Hall–Kier alpha value is -1.32. The Morgan fingerprint density at radius 3 is 2.58 bits per heavy atom. The third-order valence-corrected chi connectivity index (χ3v) is 4.42. The lowest BCUT2D eigenvalue weighted by molar-refractivity contribution is -0.151. The van der Waals surface area contributed by atoms with Gasteiger partial charge in [0.05, 0.1) is 5.41 Å². The fourth-order valence-corrected chi connectivity index (χ4v) is 3.21. The topological polar surface area (TPSA) is 66.4 Å². The molecular formula is C15H23NO3. The minimum Gasteiger partial charge on any atom is -0.481 e. The van der Waals surface area contributed by atoms with Crippen molar-refractivity contribution in [2.75, 3.05) is 6.54 Å². The van der Waals surface area contributed by atoms with Gasteiger partial charge in [0.25, 0.3) is 0 Å². The summed E-state index contributed by atoms with van der Waals surface area (Å²) in [6, 6.07) is 0. The summed E-state index contributed by atoms with van der Waals surface area (Å²) in [6.07, 6.45) is 9.96. The molecule has 0 unspecified atom stereocenters. The molecule has 2 aliphatic carbocycles. The summed E-state index contributed by atoms with van der Waals surface area (Å²) < 4.78 is 0. The predicted octanol–water partition coefficient (Wildman–Crippen LogP) is 2.64. The van der Waals surface area contributed by atoms with E-state index in [0.29, 0.717) is 19.4 Å². The van der Waals surface area contributed by atoms with E-state index in [2.05, 4.69) is 11.4 Å². The van der Waals surface area contributed by atoms with Gasteiger partial charge < -0.3 is 10.4 Å². The van der Waals surface area contributed by atoms with Crippen LogP contribution >= 0.6 is 0 Å². The zero-order valence-electron chi connectivity index (χ0n) is 11.4. The molecule has 19 heavy (non-hydrogen) atoms. The van der Waals surface area contributed by atoms with E-state index in [1.807, 2.05) is 0 Å². The van der Waals surface area contributed by atoms with Crippen molar-refractivity contribution in [3.63, 3.8) is 0 Å². The molecule has 2 N–H and O–H groups in total. The van der Waals surface area contributed by atoms with Crippen LogP contribution in [0.15, 0.2) is 11.6 Å². The summed E-state index contributed by atoms with van der Waals surface area (Å²) in [5.74, 6) is -0.915. The normalized spacial score (nSPS) is 21.2. The van der Waals surface area contributed by atoms with Crippen molar-refractivity contribution in [1.29, 1.82) is 0 Å². The van der Waals surface area contributed by atoms with Crippen LogP contribution in [0.2, 0.25) is 0 Å². The van der Waals surface area contributed by atoms with Gasteiger partial charge in [-0.25, -0.2) is 0 Å². The van der Waals surface area contributed by atoms with Crippen molar-refractivity contribution in [3.8, 4) is 0 Å². The second kappa shape index (κ2) is 6.22. The van der Waals surface area contributed by atoms with Crippen LogP contribution in [-0.4, -0.2) is 23.5 Å². The maximum absolute atomic E-state index is 11.9. The number of aliphatic carboxylic acids is 1. The molecule has 0 bridgehead atoms. The van der Waals surface area contributed by atoms with Gasteiger partial charge in [0, 0.05) is 13.0 Å². The van der Waals surface area contributed by atoms with Crippen molar-refractivity contribution >= 4 is 11.9 Å². The molecule has 1 saturated carbocycles. The number of carboxylic acid groups (broad SMARTS) is 1. The highest BCUT2D eigenvalue weighted by molar-refractivity contribution is 5.85. The van der Waals surface area contributed by atoms with Crippen LogP contribution in [0.3, 0.4) is 0 Å². The maximum atomic E-state index is 11.9. The molecule has 4 heteroatoms. The van der Waals surface area contributed by atoms with Gasteiger partial charge in [-0.15, -0.1) is 0 Å². The molecule has 0 aromatic rings. The Kier molecular flexibility index (Phi) is 4.61. The quantitative estimate of drug-likeness (QED) is 0.725. The summed E-state index contributed by atoms with van der Waals surface area (Å²) in [5, 5.41) is 12.2. The van der Waals surface area contributed by atoms with Crippen LogP contribution in [0.4, 0.5) is 0 Å². The van der Waals surface area contributed by atoms with Gasteiger partial charge in [-0.05, 0) is 38.5 Å². The van der Waals surface area contributed by atoms with E-state index < -0.39 is 11.4 Å². The summed E-state index contributed by atoms with van der Waals surface area (Å²) in [5.41, 5.74) is 0.630. The maximum Gasteiger partial charge on any atom is 0.310 e. The number of allylic oxidation sites excluding steroid dienone is 1. The fraction of sp³-hybridized carbons (Fsp3) is 0.733. The first-order valence-corrected chi connectivity index (χ1v) is 7.30. The van der Waals surface area contributed by atoms with Crippen molar-refractivity contribution < 1.29 is 14.7 Å². The van der Waals surface area contributed by atoms with Gasteiger partial charge >= 0.3 is 5.97 Å². The van der Waals surface area contributed by atoms with Crippen molar-refractivity contribution in [1.82, 2.24) is 5.32 Å². The van der Waals surface area contributed by atoms with Crippen molar-refractivity contribution in [2.45, 2.75) is 57.8 Å². The van der Waals surface area contributed by atoms with Gasteiger partial charge in [0.1, 0.15) is 0 Å². The lowest BCUT2D eigenvalue weighted by atomic mass is 9.82. The van der Waals surface area contributed by atoms with Gasteiger partial charge in [0.15, 0.2) is 0 Å². The van der Waals surface area contributed by atoms with Crippen LogP contribution in [0.5, 0.6) is 0 Å². The van der Waals surface area contributed by atoms with Gasteiger partial charge in [-0.3, -0.25) is 9.59 Å². The highest BCUT2D eigenvalue weighted by Crippen LogP contribution is 2.41. The number of amides is 1. The molecule has 1 fully saturated rings. The molecule has 2 aliphatic rings. The van der Waals surface area contributed by atoms with Gasteiger partial charge in [0.2, 0.25) is 5.91 Å². The second-order valence-corrected chi connectivity index (χ2v) is 5.82. The Bertz CT molecular complexity index is 381. The number of hydrogen-bond donors (Lipinski definition) is 2. The van der Waals surface area contributed by atoms with E-state index in [1.165, 1.54) is 12.0 Å². The van der Waals surface area contributed by atoms with Crippen LogP contribution in [0, 0.1) is 5.41 Å². The molecule has 0 saturated heterocycles. The highest BCUT2D eigenvalue weighted by atomic mass is 16.4. The van der Waals surface area contributed by atoms with E-state index in [-0.39, 0.29) is 12.3 Å². The molecule has 0 aliphatic heterocycles. The van der Waals surface area contributed by atoms with Crippen LogP contribution in [0.25, 0.3) is 0 Å². The molecule has 0 spiro atoms. The lowest BCUT2D eigenvalue weighted by Crippen LogP contribution is -2.36. The van der Waals surface area contributed by atoms with E-state index >= 15 is 0 Å². The molecule has 106 valence electrons. The molecule has 0 aromatic heterocycles. The molecule has 1 amide bonds. The largest absolute Gasteiger partial charge is 0.481 e. The lowest BCUT2D eigenvalue weighted by Gasteiger charge is -2.22. The third kappa shape index (κ3) is 3.58. The van der Waals surface area contributed by atoms with Gasteiger partial charge in [-0.2, -0.15) is 0 Å². The first kappa shape index (κ1) is 14.1. The number of carboxylic acids is 1. The SMILES string of the molecule is O=C(CC1(C(=O)O)CCCC1)NCCC1=CCCC1. The van der Waals surface area contributed by atoms with E-state index in [9.17, 15) is 14.7 Å². The van der Waals surface area contributed by atoms with Crippen molar-refractivity contribution in [3.05, 3.63) is 11.6 Å². The van der Waals surface area contributed by atoms with Gasteiger partial charge in [-0.1, -0.05) is 24.5 Å². The molecular weight excluding hydrogens is 242 g/mol. The minimum atomic E-state index is -0.807. The number of hydrogen-bond acceptors (Lipinski definition) is 2. The number of rotatable bonds is 6. The summed E-state index contributed by atoms with van der Waals surface area (Å²) in [7, 11) is 0. The van der Waals surface area contributed by atoms with E-state index in [1.54, 1.807) is 0 Å². The molecule has 0 aromatic carbocycles. The first-order chi connectivity index (χ1) is 9.12. The Balaban J connectivity index is 1.75. The van der Waals surface area contributed by atoms with E-state index in [0.717, 1.165) is 32.1 Å². The third-order valence-electron chi connectivity index (χ3n) is 4.42. The smallest absolute Gasteiger partial charge is 0.310 e. The zero-order chi connectivity index (χ0) is 13.7. The standard InChI is InChI=1S/C15H23NO3/c17-13(16-10-7-12-5-1-2-6-12)11-15(14(18)19)8-3-4-9-15/h5H,1-4,6-11H2,(H,16,17)(H,18,19). The first-order valence-electron chi connectivity index (χ1n) is 7.30. The molecule has 2 rings (SSSR count). The minimum absolute atomic E-state index is 0.108. The number of carbonyl (C=O) groups excluding carboxylic acids is 1. The van der Waals surface area contributed by atoms with Crippen LogP contribution in [0.1, 0.15) is 57.8 Å². The zero-order valence-corrected chi connectivity index (χ0v) is 11.4. The van der Waals surface area contributed by atoms with Crippen LogP contribution < -0.4 is 5.32 Å². The fourth-order valence-electron chi connectivity index (χ4n) is 3.21. The van der Waals surface area contributed by atoms with Crippen molar-refractivity contribution in [2.24, 2.45) is 5.41 Å².